The normalized spacial score (nSPS) is 44.2. The number of dihydropyridines is 1. The number of aliphatic imine (C=N–C) groups is 1. The van der Waals surface area contributed by atoms with Crippen LogP contribution < -0.4 is 5.32 Å². The fourth-order valence-electron chi connectivity index (χ4n) is 3.57. The lowest BCUT2D eigenvalue weighted by atomic mass is 9.71. The molecule has 1 N–H and O–H groups in total. The van der Waals surface area contributed by atoms with Crippen LogP contribution in [-0.2, 0) is 4.74 Å². The van der Waals surface area contributed by atoms with Crippen molar-refractivity contribution in [3.05, 3.63) is 12.2 Å². The van der Waals surface area contributed by atoms with Gasteiger partial charge in [-0.25, -0.2) is 0 Å². The molecule has 0 aromatic rings. The molecular weight excluding hydrogens is 212 g/mol. The number of hydrogen-bond acceptors (Lipinski definition) is 3. The van der Waals surface area contributed by atoms with Crippen LogP contribution in [0.1, 0.15) is 32.6 Å². The Morgan fingerprint density at radius 2 is 2.47 bits per heavy atom. The first-order chi connectivity index (χ1) is 8.34. The first-order valence-corrected chi connectivity index (χ1v) is 6.90. The van der Waals surface area contributed by atoms with Crippen LogP contribution in [0.2, 0.25) is 0 Å². The van der Waals surface area contributed by atoms with E-state index in [0.717, 1.165) is 13.1 Å². The van der Waals surface area contributed by atoms with Crippen LogP contribution >= 0.6 is 0 Å². The van der Waals surface area contributed by atoms with Crippen molar-refractivity contribution in [3.63, 3.8) is 0 Å². The van der Waals surface area contributed by atoms with E-state index in [2.05, 4.69) is 23.3 Å². The maximum absolute atomic E-state index is 6.33. The zero-order valence-corrected chi connectivity index (χ0v) is 10.6. The maximum Gasteiger partial charge on any atom is 0.0986 e. The van der Waals surface area contributed by atoms with Crippen molar-refractivity contribution in [1.29, 1.82) is 0 Å². The van der Waals surface area contributed by atoms with Gasteiger partial charge >= 0.3 is 0 Å². The minimum absolute atomic E-state index is 0.225. The highest BCUT2D eigenvalue weighted by molar-refractivity contribution is 5.72. The first-order valence-electron chi connectivity index (χ1n) is 6.90. The van der Waals surface area contributed by atoms with E-state index in [1.54, 1.807) is 0 Å². The molecule has 3 heteroatoms. The average Bonchev–Trinajstić information content (AvgIpc) is 2.80. The summed E-state index contributed by atoms with van der Waals surface area (Å²) in [6.45, 7) is 4.50. The smallest absolute Gasteiger partial charge is 0.0986 e. The Kier molecular flexibility index (Phi) is 3.05. The highest BCUT2D eigenvalue weighted by Crippen LogP contribution is 2.44. The minimum Gasteiger partial charge on any atom is -0.368 e. The second-order valence-corrected chi connectivity index (χ2v) is 5.62. The van der Waals surface area contributed by atoms with Crippen molar-refractivity contribution in [2.24, 2.45) is 10.4 Å². The van der Waals surface area contributed by atoms with Crippen LogP contribution in [0.15, 0.2) is 17.1 Å². The van der Waals surface area contributed by atoms with Gasteiger partial charge in [-0.2, -0.15) is 0 Å². The predicted octanol–water partition coefficient (Wildman–Crippen LogP) is 1.93. The lowest BCUT2D eigenvalue weighted by molar-refractivity contribution is -0.117. The Labute approximate surface area is 103 Å². The number of hydrogen-bond donors (Lipinski definition) is 1. The fraction of sp³-hybridized carbons (Fsp3) is 0.786. The topological polar surface area (TPSA) is 33.6 Å². The van der Waals surface area contributed by atoms with Crippen molar-refractivity contribution in [2.75, 3.05) is 13.1 Å². The zero-order valence-electron chi connectivity index (χ0n) is 10.6. The quantitative estimate of drug-likeness (QED) is 0.792. The predicted molar refractivity (Wildman–Crippen MR) is 69.5 cm³/mol. The molecule has 3 aliphatic heterocycles. The van der Waals surface area contributed by atoms with E-state index in [1.165, 1.54) is 25.7 Å². The molecule has 3 nitrogen and oxygen atoms in total. The summed E-state index contributed by atoms with van der Waals surface area (Å²) in [5.41, 5.74) is 0.347. The van der Waals surface area contributed by atoms with Crippen molar-refractivity contribution in [1.82, 2.24) is 5.32 Å². The van der Waals surface area contributed by atoms with E-state index in [4.69, 9.17) is 4.74 Å². The van der Waals surface area contributed by atoms with E-state index < -0.39 is 0 Å². The van der Waals surface area contributed by atoms with Gasteiger partial charge in [0, 0.05) is 18.2 Å². The second kappa shape index (κ2) is 4.54. The molecule has 0 aromatic heterocycles. The summed E-state index contributed by atoms with van der Waals surface area (Å²) >= 11 is 0. The van der Waals surface area contributed by atoms with Crippen molar-refractivity contribution in [3.8, 4) is 0 Å². The van der Waals surface area contributed by atoms with Crippen LogP contribution in [0.4, 0.5) is 0 Å². The van der Waals surface area contributed by atoms with Crippen LogP contribution in [0.5, 0.6) is 0 Å². The molecule has 3 aliphatic rings. The summed E-state index contributed by atoms with van der Waals surface area (Å²) in [5, 5.41) is 3.52. The van der Waals surface area contributed by atoms with Gasteiger partial charge in [0.2, 0.25) is 0 Å². The Morgan fingerprint density at radius 3 is 3.24 bits per heavy atom. The minimum atomic E-state index is 0.225. The number of fused-ring (bicyclic) bond motifs is 1. The van der Waals surface area contributed by atoms with Crippen LogP contribution in [0.3, 0.4) is 0 Å². The molecule has 0 radical (unpaired) electrons. The van der Waals surface area contributed by atoms with E-state index in [1.807, 2.05) is 12.3 Å². The van der Waals surface area contributed by atoms with Gasteiger partial charge in [-0.3, -0.25) is 4.99 Å². The molecule has 3 rings (SSSR count). The number of allylic oxidation sites excluding steroid dienone is 1. The van der Waals surface area contributed by atoms with E-state index in [9.17, 15) is 0 Å². The highest BCUT2D eigenvalue weighted by Gasteiger charge is 2.49. The summed E-state index contributed by atoms with van der Waals surface area (Å²) in [4.78, 5) is 4.60. The van der Waals surface area contributed by atoms with Gasteiger partial charge in [0.05, 0.1) is 18.2 Å². The summed E-state index contributed by atoms with van der Waals surface area (Å²) in [6, 6.07) is 0.355. The summed E-state index contributed by atoms with van der Waals surface area (Å²) in [6.07, 6.45) is 11.6. The van der Waals surface area contributed by atoms with Gasteiger partial charge in [0.15, 0.2) is 0 Å². The molecule has 4 atom stereocenters. The molecule has 0 bridgehead atoms. The number of rotatable bonds is 2. The standard InChI is InChI=1S/C14H22N2O/c1-2-4-13-14(6-8-15-10-14)9-11-12(17-13)5-3-7-16-11/h3,5,7,11-13,15H,2,4,6,8-10H2,1H3/t11?,12?,13-,14+/m0/s1. The van der Waals surface area contributed by atoms with Gasteiger partial charge in [0.25, 0.3) is 0 Å². The molecule has 1 spiro atoms. The summed E-state index contributed by atoms with van der Waals surface area (Å²) < 4.78 is 6.33. The van der Waals surface area contributed by atoms with Crippen LogP contribution in [0.25, 0.3) is 0 Å². The summed E-state index contributed by atoms with van der Waals surface area (Å²) in [5.74, 6) is 0. The Morgan fingerprint density at radius 1 is 1.53 bits per heavy atom. The average molecular weight is 234 g/mol. The lowest BCUT2D eigenvalue weighted by Crippen LogP contribution is -2.51. The number of ether oxygens (including phenoxy) is 1. The third kappa shape index (κ3) is 1.95. The summed E-state index contributed by atoms with van der Waals surface area (Å²) in [7, 11) is 0. The van der Waals surface area contributed by atoms with Crippen molar-refractivity contribution >= 4 is 6.21 Å². The molecule has 3 heterocycles. The largest absolute Gasteiger partial charge is 0.368 e. The number of nitrogens with one attached hydrogen (secondary N) is 1. The van der Waals surface area contributed by atoms with Crippen LogP contribution in [-0.4, -0.2) is 37.6 Å². The Bertz CT molecular complexity index is 331. The first kappa shape index (κ1) is 11.4. The fourth-order valence-corrected chi connectivity index (χ4v) is 3.57. The molecule has 17 heavy (non-hydrogen) atoms. The van der Waals surface area contributed by atoms with E-state index in [0.29, 0.717) is 17.6 Å². The molecule has 2 saturated heterocycles. The van der Waals surface area contributed by atoms with Gasteiger partial charge in [-0.05, 0) is 31.9 Å². The Hall–Kier alpha value is -0.670. The molecular formula is C14H22N2O. The molecule has 0 amide bonds. The van der Waals surface area contributed by atoms with Gasteiger partial charge in [-0.1, -0.05) is 19.4 Å². The highest BCUT2D eigenvalue weighted by atomic mass is 16.5. The molecule has 94 valence electrons. The Balaban J connectivity index is 1.81. The molecule has 2 unspecified atom stereocenters. The lowest BCUT2D eigenvalue weighted by Gasteiger charge is -2.47. The maximum atomic E-state index is 6.33. The third-order valence-electron chi connectivity index (χ3n) is 4.49. The monoisotopic (exact) mass is 234 g/mol. The SMILES string of the molecule is CCC[C@@H]1OC2C=CC=NC2C[C@@]12CCNC2. The molecule has 0 aromatic carbocycles. The van der Waals surface area contributed by atoms with E-state index in [-0.39, 0.29) is 6.10 Å². The van der Waals surface area contributed by atoms with E-state index >= 15 is 0 Å². The van der Waals surface area contributed by atoms with Gasteiger partial charge < -0.3 is 10.1 Å². The molecule has 0 saturated carbocycles. The van der Waals surface area contributed by atoms with Crippen molar-refractivity contribution in [2.45, 2.75) is 50.9 Å². The zero-order chi connectivity index (χ0) is 11.7. The molecule has 0 aliphatic carbocycles. The third-order valence-corrected chi connectivity index (χ3v) is 4.49. The van der Waals surface area contributed by atoms with Gasteiger partial charge in [-0.15, -0.1) is 0 Å². The van der Waals surface area contributed by atoms with Crippen LogP contribution in [0, 0.1) is 5.41 Å². The number of nitrogens with zero attached hydrogens (tertiary/aromatic N) is 1. The van der Waals surface area contributed by atoms with Crippen molar-refractivity contribution < 1.29 is 4.74 Å². The second-order valence-electron chi connectivity index (χ2n) is 5.62. The molecule has 2 fully saturated rings. The van der Waals surface area contributed by atoms with Gasteiger partial charge in [0.1, 0.15) is 0 Å².